The van der Waals surface area contributed by atoms with E-state index in [0.29, 0.717) is 31.8 Å². The fraction of sp³-hybridized carbons (Fsp3) is 0.286. The van der Waals surface area contributed by atoms with Gasteiger partial charge < -0.3 is 19.0 Å². The van der Waals surface area contributed by atoms with E-state index >= 15 is 0 Å². The Hall–Kier alpha value is -2.83. The van der Waals surface area contributed by atoms with E-state index in [1.807, 2.05) is 36.4 Å². The summed E-state index contributed by atoms with van der Waals surface area (Å²) in [6.45, 7) is 1.92. The molecule has 140 valence electrons. The predicted molar refractivity (Wildman–Crippen MR) is 102 cm³/mol. The van der Waals surface area contributed by atoms with E-state index in [0.717, 1.165) is 33.6 Å². The molecule has 2 heterocycles. The first kappa shape index (κ1) is 17.6. The normalized spacial score (nSPS) is 14.0. The number of hydrogen-bond acceptors (Lipinski definition) is 6. The van der Waals surface area contributed by atoms with Gasteiger partial charge in [-0.2, -0.15) is 0 Å². The first-order valence-electron chi connectivity index (χ1n) is 8.90. The van der Waals surface area contributed by atoms with Crippen LogP contribution in [0.15, 0.2) is 51.7 Å². The van der Waals surface area contributed by atoms with Crippen molar-refractivity contribution in [3.05, 3.63) is 58.4 Å². The molecule has 1 N–H and O–H groups in total. The summed E-state index contributed by atoms with van der Waals surface area (Å²) in [5.74, 6) is 1.49. The molecule has 0 unspecified atom stereocenters. The van der Waals surface area contributed by atoms with E-state index in [4.69, 9.17) is 19.0 Å². The predicted octanol–water partition coefficient (Wildman–Crippen LogP) is 3.00. The van der Waals surface area contributed by atoms with Gasteiger partial charge in [0.2, 0.25) is 0 Å². The average molecular weight is 367 g/mol. The molecule has 0 fully saturated rings. The molecule has 0 bridgehead atoms. The maximum absolute atomic E-state index is 12.3. The lowest BCUT2D eigenvalue weighted by molar-refractivity contribution is 0.0886. The Bertz CT molecular complexity index is 1010. The van der Waals surface area contributed by atoms with Crippen LogP contribution in [0.5, 0.6) is 11.5 Å². The third kappa shape index (κ3) is 3.41. The van der Waals surface area contributed by atoms with Gasteiger partial charge >= 0.3 is 5.63 Å². The van der Waals surface area contributed by atoms with Gasteiger partial charge in [0.1, 0.15) is 23.8 Å². The first-order chi connectivity index (χ1) is 13.2. The van der Waals surface area contributed by atoms with E-state index in [-0.39, 0.29) is 6.61 Å². The molecule has 0 atom stereocenters. The lowest BCUT2D eigenvalue weighted by Crippen LogP contribution is -2.33. The molecule has 27 heavy (non-hydrogen) atoms. The average Bonchev–Trinajstić information content (AvgIpc) is 2.71. The molecule has 0 amide bonds. The number of methoxy groups -OCH3 is 1. The van der Waals surface area contributed by atoms with Crippen molar-refractivity contribution in [1.29, 1.82) is 0 Å². The van der Waals surface area contributed by atoms with Crippen molar-refractivity contribution < 1.29 is 19.0 Å². The zero-order valence-corrected chi connectivity index (χ0v) is 15.1. The number of aliphatic hydroxyl groups excluding tert-OH is 1. The number of nitrogens with zero attached hydrogens (tertiary/aromatic N) is 1. The van der Waals surface area contributed by atoms with Crippen LogP contribution in [0.1, 0.15) is 12.0 Å². The van der Waals surface area contributed by atoms with Crippen molar-refractivity contribution in [2.24, 2.45) is 0 Å². The molecule has 6 heteroatoms. The van der Waals surface area contributed by atoms with E-state index in [9.17, 15) is 4.79 Å². The lowest BCUT2D eigenvalue weighted by Gasteiger charge is -2.29. The Kier molecular flexibility index (Phi) is 4.83. The minimum absolute atomic E-state index is 0.135. The summed E-state index contributed by atoms with van der Waals surface area (Å²) < 4.78 is 16.6. The van der Waals surface area contributed by atoms with E-state index in [1.165, 1.54) is 6.07 Å². The van der Waals surface area contributed by atoms with Crippen LogP contribution in [0.2, 0.25) is 0 Å². The number of aliphatic hydroxyl groups is 1. The highest BCUT2D eigenvalue weighted by molar-refractivity contribution is 5.95. The lowest BCUT2D eigenvalue weighted by atomic mass is 9.99. The van der Waals surface area contributed by atoms with Crippen LogP contribution < -0.4 is 15.1 Å². The second-order valence-corrected chi connectivity index (χ2v) is 6.53. The van der Waals surface area contributed by atoms with Gasteiger partial charge in [0.05, 0.1) is 12.7 Å². The van der Waals surface area contributed by atoms with Crippen molar-refractivity contribution >= 4 is 11.0 Å². The molecule has 0 aliphatic carbocycles. The van der Waals surface area contributed by atoms with Gasteiger partial charge in [-0.3, -0.25) is 4.90 Å². The highest BCUT2D eigenvalue weighted by Gasteiger charge is 2.22. The maximum Gasteiger partial charge on any atom is 0.336 e. The summed E-state index contributed by atoms with van der Waals surface area (Å²) in [6.07, 6.45) is 0.671. The standard InChI is InChI=1S/C21H21NO5/c1-25-15-5-3-14(4-6-15)17-11-20(24)27-21-16(17)7-8-19-18(21)12-22(13-26-19)9-2-10-23/h3-8,11,23H,2,9-10,12-13H2,1H3. The Morgan fingerprint density at radius 2 is 2.00 bits per heavy atom. The van der Waals surface area contributed by atoms with Crippen molar-refractivity contribution in [2.45, 2.75) is 13.0 Å². The minimum Gasteiger partial charge on any atom is -0.497 e. The number of rotatable bonds is 5. The summed E-state index contributed by atoms with van der Waals surface area (Å²) in [4.78, 5) is 14.3. The van der Waals surface area contributed by atoms with Gasteiger partial charge in [0.25, 0.3) is 0 Å². The minimum atomic E-state index is -0.394. The molecule has 0 radical (unpaired) electrons. The fourth-order valence-electron chi connectivity index (χ4n) is 3.43. The van der Waals surface area contributed by atoms with Gasteiger partial charge in [-0.25, -0.2) is 4.79 Å². The molecule has 2 aromatic carbocycles. The van der Waals surface area contributed by atoms with Crippen LogP contribution in [0.3, 0.4) is 0 Å². The molecule has 0 saturated heterocycles. The van der Waals surface area contributed by atoms with E-state index in [1.54, 1.807) is 7.11 Å². The second kappa shape index (κ2) is 7.42. The van der Waals surface area contributed by atoms with Gasteiger partial charge in [-0.1, -0.05) is 12.1 Å². The molecule has 1 aliphatic rings. The molecular formula is C21H21NO5. The molecular weight excluding hydrogens is 346 g/mol. The zero-order valence-electron chi connectivity index (χ0n) is 15.1. The first-order valence-corrected chi connectivity index (χ1v) is 8.90. The third-order valence-corrected chi connectivity index (χ3v) is 4.79. The van der Waals surface area contributed by atoms with Crippen LogP contribution >= 0.6 is 0 Å². The maximum atomic E-state index is 12.3. The Morgan fingerprint density at radius 3 is 2.74 bits per heavy atom. The Balaban J connectivity index is 1.82. The quantitative estimate of drug-likeness (QED) is 0.699. The van der Waals surface area contributed by atoms with Crippen molar-refractivity contribution in [1.82, 2.24) is 4.90 Å². The van der Waals surface area contributed by atoms with Gasteiger partial charge in [-0.15, -0.1) is 0 Å². The molecule has 1 aliphatic heterocycles. The number of fused-ring (bicyclic) bond motifs is 3. The number of ether oxygens (including phenoxy) is 2. The van der Waals surface area contributed by atoms with Crippen molar-refractivity contribution in [3.63, 3.8) is 0 Å². The molecule has 0 spiro atoms. The molecule has 1 aromatic heterocycles. The topological polar surface area (TPSA) is 72.1 Å². The van der Waals surface area contributed by atoms with E-state index in [2.05, 4.69) is 4.90 Å². The van der Waals surface area contributed by atoms with Gasteiger partial charge in [-0.05, 0) is 41.8 Å². The molecule has 3 aromatic rings. The van der Waals surface area contributed by atoms with Crippen LogP contribution in [0, 0.1) is 0 Å². The van der Waals surface area contributed by atoms with Crippen LogP contribution in [0.4, 0.5) is 0 Å². The summed E-state index contributed by atoms with van der Waals surface area (Å²) >= 11 is 0. The van der Waals surface area contributed by atoms with E-state index < -0.39 is 5.63 Å². The highest BCUT2D eigenvalue weighted by Crippen LogP contribution is 2.36. The number of benzene rings is 2. The molecule has 0 saturated carbocycles. The Labute approximate surface area is 156 Å². The number of hydrogen-bond donors (Lipinski definition) is 1. The summed E-state index contributed by atoms with van der Waals surface area (Å²) in [5, 5.41) is 9.93. The largest absolute Gasteiger partial charge is 0.497 e. The summed E-state index contributed by atoms with van der Waals surface area (Å²) in [5.41, 5.74) is 2.76. The zero-order chi connectivity index (χ0) is 18.8. The molecule has 6 nitrogen and oxygen atoms in total. The fourth-order valence-corrected chi connectivity index (χ4v) is 3.43. The summed E-state index contributed by atoms with van der Waals surface area (Å²) in [7, 11) is 1.62. The van der Waals surface area contributed by atoms with Crippen LogP contribution in [-0.4, -0.2) is 37.0 Å². The monoisotopic (exact) mass is 367 g/mol. The van der Waals surface area contributed by atoms with Gasteiger partial charge in [0, 0.05) is 31.1 Å². The Morgan fingerprint density at radius 1 is 1.19 bits per heavy atom. The van der Waals surface area contributed by atoms with Crippen LogP contribution in [-0.2, 0) is 6.54 Å². The summed E-state index contributed by atoms with van der Waals surface area (Å²) in [6, 6.07) is 13.0. The van der Waals surface area contributed by atoms with Crippen molar-refractivity contribution in [3.8, 4) is 22.6 Å². The van der Waals surface area contributed by atoms with Gasteiger partial charge in [0.15, 0.2) is 0 Å². The smallest absolute Gasteiger partial charge is 0.336 e. The molecule has 4 rings (SSSR count). The van der Waals surface area contributed by atoms with Crippen LogP contribution in [0.25, 0.3) is 22.1 Å². The SMILES string of the molecule is COc1ccc(-c2cc(=O)oc3c4c(ccc23)OCN(CCCO)C4)cc1. The highest BCUT2D eigenvalue weighted by atomic mass is 16.5. The van der Waals surface area contributed by atoms with Crippen molar-refractivity contribution in [2.75, 3.05) is 27.0 Å². The third-order valence-electron chi connectivity index (χ3n) is 4.79. The second-order valence-electron chi connectivity index (χ2n) is 6.53.